The predicted molar refractivity (Wildman–Crippen MR) is 128 cm³/mol. The summed E-state index contributed by atoms with van der Waals surface area (Å²) in [4.78, 5) is 8.85. The summed E-state index contributed by atoms with van der Waals surface area (Å²) in [6.07, 6.45) is 4.22. The van der Waals surface area contributed by atoms with Crippen molar-refractivity contribution in [2.24, 2.45) is 0 Å². The van der Waals surface area contributed by atoms with Crippen LogP contribution < -0.4 is 5.32 Å². The zero-order chi connectivity index (χ0) is 20.9. The van der Waals surface area contributed by atoms with Gasteiger partial charge in [-0.25, -0.2) is 4.98 Å². The van der Waals surface area contributed by atoms with Crippen LogP contribution in [0.4, 0.5) is 5.82 Å². The molecule has 0 bridgehead atoms. The van der Waals surface area contributed by atoms with Gasteiger partial charge in [-0.05, 0) is 42.5 Å². The van der Waals surface area contributed by atoms with Gasteiger partial charge in [0.25, 0.3) is 0 Å². The Bertz CT molecular complexity index is 613. The van der Waals surface area contributed by atoms with E-state index in [0.29, 0.717) is 5.92 Å². The maximum atomic E-state index is 4.67. The molecule has 160 valence electrons. The van der Waals surface area contributed by atoms with Crippen molar-refractivity contribution in [3.63, 3.8) is 0 Å². The zero-order valence-corrected chi connectivity index (χ0v) is 19.1. The fourth-order valence-corrected chi connectivity index (χ4v) is 2.46. The van der Waals surface area contributed by atoms with Gasteiger partial charge >= 0.3 is 0 Å². The molecule has 3 rings (SSSR count). The largest absolute Gasteiger partial charge is 0.370 e. The van der Waals surface area contributed by atoms with Gasteiger partial charge in [0.15, 0.2) is 0 Å². The van der Waals surface area contributed by atoms with Crippen molar-refractivity contribution in [3.05, 3.63) is 53.5 Å². The standard InChI is InChI=1S/C12H18N2.C8H11N.2C2H6.CH4/c1-12(2,3)10-7-6-9-5-4-8-13-11(9)14-10;1-7(2)8-5-3-4-6-9-8;2*1-2;/h6-7H,4-5,8H2,1-3H3,(H,13,14);3-7H,1-2H3;2*1-2H3;1H4. The summed E-state index contributed by atoms with van der Waals surface area (Å²) in [6, 6.07) is 10.4. The number of aryl methyl sites for hydroxylation is 1. The molecule has 1 aliphatic rings. The van der Waals surface area contributed by atoms with Crippen molar-refractivity contribution in [2.45, 2.75) is 93.9 Å². The fourth-order valence-electron chi connectivity index (χ4n) is 2.46. The van der Waals surface area contributed by atoms with Crippen LogP contribution in [0.25, 0.3) is 0 Å². The monoisotopic (exact) mass is 387 g/mol. The highest BCUT2D eigenvalue weighted by molar-refractivity contribution is 5.47. The first-order chi connectivity index (χ1) is 12.9. The Morgan fingerprint density at radius 2 is 1.61 bits per heavy atom. The van der Waals surface area contributed by atoms with Crippen LogP contribution in [0.5, 0.6) is 0 Å². The second kappa shape index (κ2) is 15.1. The van der Waals surface area contributed by atoms with Crippen LogP contribution in [-0.4, -0.2) is 16.5 Å². The van der Waals surface area contributed by atoms with E-state index in [-0.39, 0.29) is 12.8 Å². The molecule has 2 aromatic heterocycles. The molecular weight excluding hydrogens is 342 g/mol. The van der Waals surface area contributed by atoms with Crippen molar-refractivity contribution in [1.82, 2.24) is 9.97 Å². The lowest BCUT2D eigenvalue weighted by atomic mass is 9.91. The van der Waals surface area contributed by atoms with Crippen LogP contribution in [0.3, 0.4) is 0 Å². The zero-order valence-electron chi connectivity index (χ0n) is 19.1. The second-order valence-electron chi connectivity index (χ2n) is 7.39. The van der Waals surface area contributed by atoms with E-state index in [0.717, 1.165) is 18.1 Å². The quantitative estimate of drug-likeness (QED) is 0.546. The van der Waals surface area contributed by atoms with Crippen LogP contribution in [0, 0.1) is 0 Å². The maximum absolute atomic E-state index is 4.67. The number of hydrogen-bond donors (Lipinski definition) is 1. The minimum atomic E-state index is 0. The molecule has 0 aliphatic carbocycles. The van der Waals surface area contributed by atoms with E-state index < -0.39 is 0 Å². The molecule has 0 saturated carbocycles. The molecule has 3 heterocycles. The molecule has 2 aromatic rings. The Balaban J connectivity index is 0. The average Bonchev–Trinajstić information content (AvgIpc) is 2.71. The van der Waals surface area contributed by atoms with Crippen molar-refractivity contribution >= 4 is 5.82 Å². The number of nitrogens with one attached hydrogen (secondary N) is 1. The van der Waals surface area contributed by atoms with Crippen LogP contribution in [0.15, 0.2) is 36.5 Å². The van der Waals surface area contributed by atoms with Gasteiger partial charge in [-0.3, -0.25) is 4.98 Å². The van der Waals surface area contributed by atoms with E-state index in [1.165, 1.54) is 24.1 Å². The lowest BCUT2D eigenvalue weighted by Gasteiger charge is -2.22. The molecule has 3 heteroatoms. The van der Waals surface area contributed by atoms with E-state index in [4.69, 9.17) is 0 Å². The minimum Gasteiger partial charge on any atom is -0.370 e. The summed E-state index contributed by atoms with van der Waals surface area (Å²) < 4.78 is 0. The van der Waals surface area contributed by atoms with E-state index in [9.17, 15) is 0 Å². The molecule has 3 nitrogen and oxygen atoms in total. The number of aromatic nitrogens is 2. The van der Waals surface area contributed by atoms with E-state index in [2.05, 4.69) is 62.0 Å². The highest BCUT2D eigenvalue weighted by Gasteiger charge is 2.18. The van der Waals surface area contributed by atoms with Gasteiger partial charge in [0.2, 0.25) is 0 Å². The first-order valence-corrected chi connectivity index (χ1v) is 10.5. The van der Waals surface area contributed by atoms with E-state index in [1.807, 2.05) is 52.1 Å². The Hall–Kier alpha value is -1.90. The average molecular weight is 388 g/mol. The fraction of sp³-hybridized carbons (Fsp3) is 0.600. The number of pyridine rings is 2. The molecule has 0 spiro atoms. The topological polar surface area (TPSA) is 37.8 Å². The van der Waals surface area contributed by atoms with E-state index in [1.54, 1.807) is 0 Å². The van der Waals surface area contributed by atoms with Gasteiger partial charge in [-0.15, -0.1) is 0 Å². The number of hydrogen-bond acceptors (Lipinski definition) is 3. The minimum absolute atomic E-state index is 0. The molecule has 28 heavy (non-hydrogen) atoms. The first kappa shape index (κ1) is 28.3. The normalized spacial score (nSPS) is 11.6. The molecule has 1 aliphatic heterocycles. The number of fused-ring (bicyclic) bond motifs is 1. The van der Waals surface area contributed by atoms with Crippen LogP contribution in [0.1, 0.15) is 99.0 Å². The molecule has 0 fully saturated rings. The van der Waals surface area contributed by atoms with Crippen molar-refractivity contribution in [3.8, 4) is 0 Å². The van der Waals surface area contributed by atoms with Gasteiger partial charge in [0.05, 0.1) is 0 Å². The lowest BCUT2D eigenvalue weighted by molar-refractivity contribution is 0.568. The third-order valence-corrected chi connectivity index (χ3v) is 3.94. The summed E-state index contributed by atoms with van der Waals surface area (Å²) in [7, 11) is 0. The lowest BCUT2D eigenvalue weighted by Crippen LogP contribution is -2.18. The Morgan fingerprint density at radius 1 is 0.964 bits per heavy atom. The Morgan fingerprint density at radius 3 is 2.07 bits per heavy atom. The molecule has 0 radical (unpaired) electrons. The third-order valence-electron chi connectivity index (χ3n) is 3.94. The van der Waals surface area contributed by atoms with Gasteiger partial charge in [-0.2, -0.15) is 0 Å². The Labute approximate surface area is 175 Å². The van der Waals surface area contributed by atoms with Crippen molar-refractivity contribution in [2.75, 3.05) is 11.9 Å². The molecular formula is C25H45N3. The first-order valence-electron chi connectivity index (χ1n) is 10.5. The smallest absolute Gasteiger partial charge is 0.129 e. The Kier molecular flexibility index (Phi) is 15.2. The second-order valence-corrected chi connectivity index (χ2v) is 7.39. The maximum Gasteiger partial charge on any atom is 0.129 e. The van der Waals surface area contributed by atoms with Gasteiger partial charge in [0, 0.05) is 29.5 Å². The number of nitrogens with zero attached hydrogens (tertiary/aromatic N) is 2. The number of anilines is 1. The summed E-state index contributed by atoms with van der Waals surface area (Å²) >= 11 is 0. The van der Waals surface area contributed by atoms with Gasteiger partial charge in [0.1, 0.15) is 5.82 Å². The molecule has 0 amide bonds. The van der Waals surface area contributed by atoms with Crippen LogP contribution in [-0.2, 0) is 11.8 Å². The SMILES string of the molecule is C.CC.CC.CC(C)(C)c1ccc2c(n1)NCCC2.CC(C)c1ccccn1. The number of rotatable bonds is 1. The van der Waals surface area contributed by atoms with Crippen molar-refractivity contribution < 1.29 is 0 Å². The molecule has 1 N–H and O–H groups in total. The molecule has 0 unspecified atom stereocenters. The van der Waals surface area contributed by atoms with E-state index >= 15 is 0 Å². The summed E-state index contributed by atoms with van der Waals surface area (Å²) in [5.74, 6) is 1.65. The molecule has 0 saturated heterocycles. The summed E-state index contributed by atoms with van der Waals surface area (Å²) in [6.45, 7) is 19.9. The molecule has 0 aromatic carbocycles. The summed E-state index contributed by atoms with van der Waals surface area (Å²) in [5, 5.41) is 3.36. The van der Waals surface area contributed by atoms with Crippen molar-refractivity contribution in [1.29, 1.82) is 0 Å². The highest BCUT2D eigenvalue weighted by atomic mass is 15.0. The highest BCUT2D eigenvalue weighted by Crippen LogP contribution is 2.25. The van der Waals surface area contributed by atoms with Crippen LogP contribution in [0.2, 0.25) is 0 Å². The summed E-state index contributed by atoms with van der Waals surface area (Å²) in [5.41, 5.74) is 3.85. The van der Waals surface area contributed by atoms with Gasteiger partial charge in [-0.1, -0.05) is 81.9 Å². The van der Waals surface area contributed by atoms with Crippen LogP contribution >= 0.6 is 0 Å². The molecule has 0 atom stereocenters. The third kappa shape index (κ3) is 9.87. The predicted octanol–water partition coefficient (Wildman–Crippen LogP) is 7.63. The van der Waals surface area contributed by atoms with Gasteiger partial charge < -0.3 is 5.32 Å².